The van der Waals surface area contributed by atoms with E-state index < -0.39 is 0 Å². The minimum atomic E-state index is -0.339. The number of rotatable bonds is 3. The van der Waals surface area contributed by atoms with Gasteiger partial charge in [0.1, 0.15) is 6.54 Å². The lowest BCUT2D eigenvalue weighted by Crippen LogP contribution is -2.55. The number of esters is 1. The molecule has 7 nitrogen and oxygen atoms in total. The first-order chi connectivity index (χ1) is 11.0. The van der Waals surface area contributed by atoms with Crippen molar-refractivity contribution < 1.29 is 14.3 Å². The third-order valence-corrected chi connectivity index (χ3v) is 4.12. The number of nitrogens with one attached hydrogen (secondary N) is 1. The minimum Gasteiger partial charge on any atom is -0.423 e. The van der Waals surface area contributed by atoms with E-state index in [9.17, 15) is 9.59 Å². The van der Waals surface area contributed by atoms with Crippen molar-refractivity contribution in [1.29, 1.82) is 0 Å². The van der Waals surface area contributed by atoms with Crippen LogP contribution in [0, 0.1) is 6.92 Å². The summed E-state index contributed by atoms with van der Waals surface area (Å²) in [7, 11) is 2.07. The molecule has 1 fully saturated rings. The zero-order valence-corrected chi connectivity index (χ0v) is 13.5. The number of ether oxygens (including phenoxy) is 1. The fourth-order valence-electron chi connectivity index (χ4n) is 2.80. The molecule has 7 heteroatoms. The number of carbonyl (C=O) groups excluding carboxylic acids is 2. The predicted octanol–water partition coefficient (Wildman–Crippen LogP) is -0.000980. The molecule has 1 aromatic carbocycles. The molecule has 1 saturated heterocycles. The molecule has 0 aliphatic carbocycles. The average Bonchev–Trinajstić information content (AvgIpc) is 2.50. The van der Waals surface area contributed by atoms with E-state index in [2.05, 4.69) is 17.4 Å². The van der Waals surface area contributed by atoms with Gasteiger partial charge < -0.3 is 14.5 Å². The third-order valence-electron chi connectivity index (χ3n) is 4.12. The van der Waals surface area contributed by atoms with Crippen molar-refractivity contribution in [2.75, 3.05) is 51.2 Å². The molecule has 1 amide bonds. The summed E-state index contributed by atoms with van der Waals surface area (Å²) in [6.07, 6.45) is 0. The zero-order valence-electron chi connectivity index (χ0n) is 13.5. The summed E-state index contributed by atoms with van der Waals surface area (Å²) in [5.41, 5.74) is 4.77. The Kier molecular flexibility index (Phi) is 4.49. The fraction of sp³-hybridized carbons (Fsp3) is 0.500. The van der Waals surface area contributed by atoms with Gasteiger partial charge in [0, 0.05) is 26.2 Å². The highest BCUT2D eigenvalue weighted by Gasteiger charge is 2.26. The van der Waals surface area contributed by atoms with Crippen molar-refractivity contribution in [3.63, 3.8) is 0 Å². The number of hydrogen-bond acceptors (Lipinski definition) is 6. The third kappa shape index (κ3) is 3.80. The van der Waals surface area contributed by atoms with Gasteiger partial charge in [0.25, 0.3) is 5.91 Å². The average molecular weight is 318 g/mol. The molecule has 2 aliphatic rings. The second-order valence-corrected chi connectivity index (χ2v) is 6.13. The van der Waals surface area contributed by atoms with Crippen molar-refractivity contribution in [1.82, 2.24) is 15.3 Å². The quantitative estimate of drug-likeness (QED) is 0.625. The maximum Gasteiger partial charge on any atom is 0.331 e. The highest BCUT2D eigenvalue weighted by atomic mass is 16.5. The maximum atomic E-state index is 12.3. The Balaban J connectivity index is 1.64. The summed E-state index contributed by atoms with van der Waals surface area (Å²) in [4.78, 5) is 28.0. The fourth-order valence-corrected chi connectivity index (χ4v) is 2.80. The summed E-state index contributed by atoms with van der Waals surface area (Å²) in [6, 6.07) is 5.60. The number of fused-ring (bicyclic) bond motifs is 1. The van der Waals surface area contributed by atoms with Gasteiger partial charge >= 0.3 is 5.97 Å². The minimum absolute atomic E-state index is 0.0899. The molecule has 0 saturated carbocycles. The van der Waals surface area contributed by atoms with Crippen molar-refractivity contribution >= 4 is 17.6 Å². The number of carbonyl (C=O) groups is 2. The van der Waals surface area contributed by atoms with Crippen molar-refractivity contribution in [3.05, 3.63) is 23.8 Å². The van der Waals surface area contributed by atoms with Crippen LogP contribution in [0.5, 0.6) is 5.75 Å². The summed E-state index contributed by atoms with van der Waals surface area (Å²) in [5, 5.41) is 1.93. The van der Waals surface area contributed by atoms with Crippen LogP contribution in [-0.2, 0) is 9.59 Å². The lowest BCUT2D eigenvalue weighted by Gasteiger charge is -2.34. The van der Waals surface area contributed by atoms with E-state index in [0.717, 1.165) is 37.4 Å². The topological polar surface area (TPSA) is 65.1 Å². The van der Waals surface area contributed by atoms with Gasteiger partial charge in [-0.1, -0.05) is 6.07 Å². The second-order valence-electron chi connectivity index (χ2n) is 6.13. The number of hydrogen-bond donors (Lipinski definition) is 1. The standard InChI is InChI=1S/C16H22N4O3/c1-12-3-4-14-13(9-12)19(11-16(22)23-14)10-15(21)17-20-7-5-18(2)6-8-20/h3-4,9H,5-8,10-11H2,1-2H3,(H,17,21). The predicted molar refractivity (Wildman–Crippen MR) is 86.2 cm³/mol. The number of nitrogens with zero attached hydrogens (tertiary/aromatic N) is 3. The smallest absolute Gasteiger partial charge is 0.331 e. The highest BCUT2D eigenvalue weighted by Crippen LogP contribution is 2.32. The van der Waals surface area contributed by atoms with E-state index in [1.807, 2.05) is 24.1 Å². The summed E-state index contributed by atoms with van der Waals surface area (Å²) < 4.78 is 5.23. The highest BCUT2D eigenvalue weighted by molar-refractivity contribution is 5.89. The number of aryl methyl sites for hydroxylation is 1. The van der Waals surface area contributed by atoms with Gasteiger partial charge in [0.15, 0.2) is 5.75 Å². The monoisotopic (exact) mass is 318 g/mol. The normalized spacial score (nSPS) is 19.2. The number of amides is 1. The molecule has 0 unspecified atom stereocenters. The molecule has 23 heavy (non-hydrogen) atoms. The van der Waals surface area contributed by atoms with E-state index in [0.29, 0.717) is 5.75 Å². The number of likely N-dealkylation sites (N-methyl/N-ethyl adjacent to an activating group) is 1. The van der Waals surface area contributed by atoms with Crippen LogP contribution in [0.15, 0.2) is 18.2 Å². The lowest BCUT2D eigenvalue weighted by atomic mass is 10.1. The molecule has 1 N–H and O–H groups in total. The van der Waals surface area contributed by atoms with Crippen LogP contribution in [0.2, 0.25) is 0 Å². The van der Waals surface area contributed by atoms with Crippen LogP contribution in [0.25, 0.3) is 0 Å². The first kappa shape index (κ1) is 15.8. The molecular weight excluding hydrogens is 296 g/mol. The first-order valence-electron chi connectivity index (χ1n) is 7.80. The molecule has 1 aromatic rings. The summed E-state index contributed by atoms with van der Waals surface area (Å²) >= 11 is 0. The van der Waals surface area contributed by atoms with Crippen LogP contribution in [0.4, 0.5) is 5.69 Å². The van der Waals surface area contributed by atoms with Gasteiger partial charge in [-0.15, -0.1) is 0 Å². The SMILES string of the molecule is Cc1ccc2c(c1)N(CC(=O)NN1CCN(C)CC1)CC(=O)O2. The van der Waals surface area contributed by atoms with Gasteiger partial charge in [-0.3, -0.25) is 10.2 Å². The number of anilines is 1. The Hall–Kier alpha value is -2.12. The molecule has 0 spiro atoms. The van der Waals surface area contributed by atoms with Crippen LogP contribution in [-0.4, -0.2) is 68.1 Å². The second kappa shape index (κ2) is 6.55. The summed E-state index contributed by atoms with van der Waals surface area (Å²) in [5.74, 6) is 0.0599. The molecular formula is C16H22N4O3. The Bertz CT molecular complexity index is 611. The zero-order chi connectivity index (χ0) is 16.4. The maximum absolute atomic E-state index is 12.3. The Morgan fingerprint density at radius 3 is 2.74 bits per heavy atom. The van der Waals surface area contributed by atoms with Gasteiger partial charge in [-0.25, -0.2) is 9.80 Å². The van der Waals surface area contributed by atoms with Gasteiger partial charge in [0.2, 0.25) is 0 Å². The van der Waals surface area contributed by atoms with Crippen LogP contribution < -0.4 is 15.1 Å². The van der Waals surface area contributed by atoms with Gasteiger partial charge in [-0.05, 0) is 31.7 Å². The molecule has 0 radical (unpaired) electrons. The van der Waals surface area contributed by atoms with Gasteiger partial charge in [-0.2, -0.15) is 0 Å². The molecule has 3 rings (SSSR count). The van der Waals surface area contributed by atoms with Crippen LogP contribution >= 0.6 is 0 Å². The van der Waals surface area contributed by atoms with E-state index >= 15 is 0 Å². The number of hydrazine groups is 1. The molecule has 2 aliphatic heterocycles. The van der Waals surface area contributed by atoms with Crippen molar-refractivity contribution in [2.24, 2.45) is 0 Å². The van der Waals surface area contributed by atoms with E-state index in [1.165, 1.54) is 0 Å². The number of piperazine rings is 1. The van der Waals surface area contributed by atoms with Crippen LogP contribution in [0.1, 0.15) is 5.56 Å². The Morgan fingerprint density at radius 2 is 2.00 bits per heavy atom. The van der Waals surface area contributed by atoms with E-state index in [1.54, 1.807) is 11.0 Å². The van der Waals surface area contributed by atoms with Crippen molar-refractivity contribution in [3.8, 4) is 5.75 Å². The van der Waals surface area contributed by atoms with E-state index in [-0.39, 0.29) is 25.0 Å². The molecule has 0 bridgehead atoms. The van der Waals surface area contributed by atoms with Crippen LogP contribution in [0.3, 0.4) is 0 Å². The van der Waals surface area contributed by atoms with Crippen molar-refractivity contribution in [2.45, 2.75) is 6.92 Å². The first-order valence-corrected chi connectivity index (χ1v) is 7.80. The molecule has 0 atom stereocenters. The molecule has 2 heterocycles. The lowest BCUT2D eigenvalue weighted by molar-refractivity contribution is -0.133. The largest absolute Gasteiger partial charge is 0.423 e. The Morgan fingerprint density at radius 1 is 1.26 bits per heavy atom. The number of benzene rings is 1. The van der Waals surface area contributed by atoms with Gasteiger partial charge in [0.05, 0.1) is 12.2 Å². The van der Waals surface area contributed by atoms with E-state index in [4.69, 9.17) is 4.74 Å². The molecule has 124 valence electrons. The summed E-state index contributed by atoms with van der Waals surface area (Å²) in [6.45, 7) is 5.67. The Labute approximate surface area is 135 Å². The molecule has 0 aromatic heterocycles.